The summed E-state index contributed by atoms with van der Waals surface area (Å²) in [6.07, 6.45) is 3.10. The lowest BCUT2D eigenvalue weighted by molar-refractivity contribution is 0.147. The molecule has 1 heterocycles. The van der Waals surface area contributed by atoms with Gasteiger partial charge in [0.05, 0.1) is 11.2 Å². The molecule has 5 heteroatoms. The average Bonchev–Trinajstić information content (AvgIpc) is 2.66. The largest absolute Gasteiger partial charge is 0.366 e. The van der Waals surface area contributed by atoms with Gasteiger partial charge in [-0.2, -0.15) is 0 Å². The van der Waals surface area contributed by atoms with Crippen molar-refractivity contribution >= 4 is 11.7 Å². The Morgan fingerprint density at radius 3 is 2.19 bits per heavy atom. The molecule has 4 rings (SSSR count). The van der Waals surface area contributed by atoms with E-state index in [-0.39, 0.29) is 17.4 Å². The summed E-state index contributed by atoms with van der Waals surface area (Å²) in [5, 5.41) is 3.28. The number of amides is 2. The van der Waals surface area contributed by atoms with Gasteiger partial charge < -0.3 is 15.1 Å². The molecule has 4 nitrogen and oxygen atoms in total. The minimum absolute atomic E-state index is 0.0123. The molecule has 1 N–H and O–H groups in total. The summed E-state index contributed by atoms with van der Waals surface area (Å²) in [6.45, 7) is 2.50. The van der Waals surface area contributed by atoms with Crippen LogP contribution in [-0.4, -0.2) is 37.1 Å². The molecule has 0 atom stereocenters. The van der Waals surface area contributed by atoms with E-state index >= 15 is 0 Å². The number of nitrogens with zero attached hydrogens (tertiary/aromatic N) is 2. The van der Waals surface area contributed by atoms with Gasteiger partial charge in [-0.05, 0) is 37.0 Å². The maximum Gasteiger partial charge on any atom is 0.318 e. The van der Waals surface area contributed by atoms with Gasteiger partial charge in [0.2, 0.25) is 0 Å². The Bertz CT molecular complexity index is 768. The van der Waals surface area contributed by atoms with Gasteiger partial charge >= 0.3 is 6.03 Å². The summed E-state index contributed by atoms with van der Waals surface area (Å²) in [7, 11) is 0. The van der Waals surface area contributed by atoms with E-state index in [2.05, 4.69) is 17.4 Å². The number of rotatable bonds is 3. The summed E-state index contributed by atoms with van der Waals surface area (Å²) in [6, 6.07) is 17.0. The Kier molecular flexibility index (Phi) is 4.53. The zero-order chi connectivity index (χ0) is 18.0. The highest BCUT2D eigenvalue weighted by molar-refractivity contribution is 5.76. The molecule has 136 valence electrons. The zero-order valence-electron chi connectivity index (χ0n) is 14.8. The van der Waals surface area contributed by atoms with Gasteiger partial charge in [0, 0.05) is 26.2 Å². The Morgan fingerprint density at radius 2 is 1.58 bits per heavy atom. The van der Waals surface area contributed by atoms with Crippen molar-refractivity contribution in [2.24, 2.45) is 0 Å². The van der Waals surface area contributed by atoms with Crippen molar-refractivity contribution in [3.05, 3.63) is 66.0 Å². The zero-order valence-corrected chi connectivity index (χ0v) is 14.8. The quantitative estimate of drug-likeness (QED) is 0.912. The van der Waals surface area contributed by atoms with E-state index in [0.717, 1.165) is 19.3 Å². The lowest BCUT2D eigenvalue weighted by Gasteiger charge is -2.45. The van der Waals surface area contributed by atoms with Gasteiger partial charge in [0.25, 0.3) is 0 Å². The van der Waals surface area contributed by atoms with Crippen LogP contribution >= 0.6 is 0 Å². The highest BCUT2D eigenvalue weighted by Crippen LogP contribution is 2.41. The number of carbonyl (C=O) groups excluding carboxylic acids is 1. The van der Waals surface area contributed by atoms with E-state index in [1.54, 1.807) is 12.1 Å². The second kappa shape index (κ2) is 6.98. The van der Waals surface area contributed by atoms with Crippen LogP contribution in [0.1, 0.15) is 24.8 Å². The van der Waals surface area contributed by atoms with Crippen LogP contribution in [0.2, 0.25) is 0 Å². The lowest BCUT2D eigenvalue weighted by atomic mass is 9.72. The van der Waals surface area contributed by atoms with Crippen molar-refractivity contribution in [3.63, 3.8) is 0 Å². The monoisotopic (exact) mass is 353 g/mol. The molecule has 2 amide bonds. The molecule has 2 aromatic carbocycles. The van der Waals surface area contributed by atoms with E-state index < -0.39 is 0 Å². The molecule has 1 saturated carbocycles. The molecule has 0 spiro atoms. The molecule has 0 radical (unpaired) electrons. The summed E-state index contributed by atoms with van der Waals surface area (Å²) < 4.78 is 14.0. The van der Waals surface area contributed by atoms with Crippen LogP contribution in [-0.2, 0) is 5.54 Å². The fourth-order valence-electron chi connectivity index (χ4n) is 3.92. The van der Waals surface area contributed by atoms with Gasteiger partial charge in [-0.15, -0.1) is 0 Å². The maximum absolute atomic E-state index is 14.0. The lowest BCUT2D eigenvalue weighted by Crippen LogP contribution is -2.58. The molecule has 1 saturated heterocycles. The van der Waals surface area contributed by atoms with Crippen LogP contribution in [0.4, 0.5) is 14.9 Å². The first-order chi connectivity index (χ1) is 12.7. The maximum atomic E-state index is 14.0. The Labute approximate surface area is 153 Å². The number of para-hydroxylation sites is 1. The first-order valence-corrected chi connectivity index (χ1v) is 9.30. The van der Waals surface area contributed by atoms with Gasteiger partial charge in [-0.25, -0.2) is 9.18 Å². The number of anilines is 1. The van der Waals surface area contributed by atoms with Gasteiger partial charge in [-0.3, -0.25) is 0 Å². The smallest absolute Gasteiger partial charge is 0.318 e. The molecule has 0 bridgehead atoms. The summed E-state index contributed by atoms with van der Waals surface area (Å²) in [4.78, 5) is 16.7. The van der Waals surface area contributed by atoms with Crippen molar-refractivity contribution in [3.8, 4) is 0 Å². The Hall–Kier alpha value is -2.56. The van der Waals surface area contributed by atoms with Crippen molar-refractivity contribution < 1.29 is 9.18 Å². The SMILES string of the molecule is O=C(NC1(c2ccccc2)CCC1)N1CCN(c2ccccc2F)CC1. The molecule has 2 aromatic rings. The molecular weight excluding hydrogens is 329 g/mol. The summed E-state index contributed by atoms with van der Waals surface area (Å²) in [5.74, 6) is -0.206. The number of halogens is 1. The van der Waals surface area contributed by atoms with Crippen molar-refractivity contribution in [1.82, 2.24) is 10.2 Å². The minimum Gasteiger partial charge on any atom is -0.366 e. The van der Waals surface area contributed by atoms with Crippen molar-refractivity contribution in [2.45, 2.75) is 24.8 Å². The molecule has 1 aliphatic heterocycles. The fraction of sp³-hybridized carbons (Fsp3) is 0.381. The van der Waals surface area contributed by atoms with E-state index in [9.17, 15) is 9.18 Å². The first-order valence-electron chi connectivity index (χ1n) is 9.30. The Balaban J connectivity index is 1.39. The third-order valence-electron chi connectivity index (χ3n) is 5.64. The number of hydrogen-bond acceptors (Lipinski definition) is 2. The highest BCUT2D eigenvalue weighted by atomic mass is 19.1. The standard InChI is InChI=1S/C21H24FN3O/c22-18-9-4-5-10-19(18)24-13-15-25(16-14-24)20(26)23-21(11-6-12-21)17-7-2-1-3-8-17/h1-5,7-10H,6,11-16H2,(H,23,26). The summed E-state index contributed by atoms with van der Waals surface area (Å²) >= 11 is 0. The summed E-state index contributed by atoms with van der Waals surface area (Å²) in [5.41, 5.74) is 1.58. The number of carbonyl (C=O) groups is 1. The second-order valence-electron chi connectivity index (χ2n) is 7.16. The molecule has 2 aliphatic rings. The van der Waals surface area contributed by atoms with E-state index in [1.807, 2.05) is 34.1 Å². The van der Waals surface area contributed by atoms with Crippen LogP contribution in [0.5, 0.6) is 0 Å². The predicted octanol–water partition coefficient (Wildman–Crippen LogP) is 3.74. The van der Waals surface area contributed by atoms with Gasteiger partial charge in [0.1, 0.15) is 5.82 Å². The number of benzene rings is 2. The molecule has 0 aromatic heterocycles. The second-order valence-corrected chi connectivity index (χ2v) is 7.16. The van der Waals surface area contributed by atoms with E-state index in [1.165, 1.54) is 11.6 Å². The first kappa shape index (κ1) is 16.9. The van der Waals surface area contributed by atoms with Crippen molar-refractivity contribution in [1.29, 1.82) is 0 Å². The van der Waals surface area contributed by atoms with Crippen LogP contribution in [0.3, 0.4) is 0 Å². The third kappa shape index (κ3) is 3.14. The third-order valence-corrected chi connectivity index (χ3v) is 5.64. The van der Waals surface area contributed by atoms with Crippen LogP contribution in [0.15, 0.2) is 54.6 Å². The molecule has 1 aliphatic carbocycles. The van der Waals surface area contributed by atoms with Gasteiger partial charge in [-0.1, -0.05) is 42.5 Å². The van der Waals surface area contributed by atoms with Crippen LogP contribution in [0, 0.1) is 5.82 Å². The topological polar surface area (TPSA) is 35.6 Å². The van der Waals surface area contributed by atoms with Crippen LogP contribution < -0.4 is 10.2 Å². The van der Waals surface area contributed by atoms with Gasteiger partial charge in [0.15, 0.2) is 0 Å². The Morgan fingerprint density at radius 1 is 0.923 bits per heavy atom. The predicted molar refractivity (Wildman–Crippen MR) is 101 cm³/mol. The normalized spacial score (nSPS) is 19.0. The van der Waals surface area contributed by atoms with E-state index in [0.29, 0.717) is 31.9 Å². The average molecular weight is 353 g/mol. The van der Waals surface area contributed by atoms with Crippen molar-refractivity contribution in [2.75, 3.05) is 31.1 Å². The van der Waals surface area contributed by atoms with E-state index in [4.69, 9.17) is 0 Å². The molecule has 26 heavy (non-hydrogen) atoms. The fourth-order valence-corrected chi connectivity index (χ4v) is 3.92. The number of hydrogen-bond donors (Lipinski definition) is 1. The number of piperazine rings is 1. The highest BCUT2D eigenvalue weighted by Gasteiger charge is 2.41. The molecule has 2 fully saturated rings. The minimum atomic E-state index is -0.221. The molecular formula is C21H24FN3O. The number of urea groups is 1. The molecule has 0 unspecified atom stereocenters. The van der Waals surface area contributed by atoms with Crippen LogP contribution in [0.25, 0.3) is 0 Å². The number of nitrogens with one attached hydrogen (secondary N) is 1.